The van der Waals surface area contributed by atoms with Gasteiger partial charge < -0.3 is 9.47 Å². The normalized spacial score (nSPS) is 19.6. The molecule has 1 aromatic heterocycles. The Morgan fingerprint density at radius 2 is 1.96 bits per heavy atom. The number of fused-ring (bicyclic) bond motifs is 1. The second-order valence-corrected chi connectivity index (χ2v) is 9.32. The molecule has 1 fully saturated rings. The average Bonchev–Trinajstić information content (AvgIpc) is 3.32. The first kappa shape index (κ1) is 19.1. The number of hydrogen-bond acceptors (Lipinski definition) is 5. The SMILES string of the molecule is CNS(=O)(=O)c1ccc(CC(=O)N2CCCC(c3nnc4n3CCC4)C2)cc1. The van der Waals surface area contributed by atoms with Crippen molar-refractivity contribution in [1.29, 1.82) is 0 Å². The predicted octanol–water partition coefficient (Wildman–Crippen LogP) is 1.08. The lowest BCUT2D eigenvalue weighted by molar-refractivity contribution is -0.131. The van der Waals surface area contributed by atoms with Crippen molar-refractivity contribution in [3.8, 4) is 0 Å². The van der Waals surface area contributed by atoms with E-state index >= 15 is 0 Å². The van der Waals surface area contributed by atoms with Crippen LogP contribution in [0.2, 0.25) is 0 Å². The minimum absolute atomic E-state index is 0.0649. The fraction of sp³-hybridized carbons (Fsp3) is 0.526. The summed E-state index contributed by atoms with van der Waals surface area (Å²) in [6, 6.07) is 6.48. The number of nitrogens with one attached hydrogen (secondary N) is 1. The molecule has 8 nitrogen and oxygen atoms in total. The number of piperidine rings is 1. The standard InChI is InChI=1S/C19H25N5O3S/c1-20-28(26,27)16-8-6-14(7-9-16)12-18(25)23-10-2-4-15(13-23)19-22-21-17-5-3-11-24(17)19/h6-9,15,20H,2-5,10-13H2,1H3. The van der Waals surface area contributed by atoms with Crippen molar-refractivity contribution in [3.63, 3.8) is 0 Å². The van der Waals surface area contributed by atoms with Crippen LogP contribution < -0.4 is 4.72 Å². The summed E-state index contributed by atoms with van der Waals surface area (Å²) in [5.74, 6) is 2.39. The van der Waals surface area contributed by atoms with E-state index in [2.05, 4.69) is 19.5 Å². The van der Waals surface area contributed by atoms with Crippen LogP contribution >= 0.6 is 0 Å². The van der Waals surface area contributed by atoms with Crippen molar-refractivity contribution < 1.29 is 13.2 Å². The topological polar surface area (TPSA) is 97.2 Å². The summed E-state index contributed by atoms with van der Waals surface area (Å²) in [7, 11) is -2.08. The van der Waals surface area contributed by atoms with Gasteiger partial charge in [0.05, 0.1) is 11.3 Å². The molecule has 1 aromatic carbocycles. The van der Waals surface area contributed by atoms with E-state index in [1.54, 1.807) is 12.1 Å². The Morgan fingerprint density at radius 1 is 1.18 bits per heavy atom. The zero-order valence-corrected chi connectivity index (χ0v) is 16.8. The molecule has 28 heavy (non-hydrogen) atoms. The van der Waals surface area contributed by atoms with Gasteiger partial charge in [0.1, 0.15) is 11.6 Å². The minimum atomic E-state index is -3.46. The molecule has 0 saturated carbocycles. The van der Waals surface area contributed by atoms with Crippen LogP contribution in [-0.2, 0) is 34.2 Å². The van der Waals surface area contributed by atoms with Gasteiger partial charge in [-0.2, -0.15) is 0 Å². The van der Waals surface area contributed by atoms with Crippen molar-refractivity contribution in [2.24, 2.45) is 0 Å². The Kier molecular flexibility index (Phi) is 5.20. The van der Waals surface area contributed by atoms with Gasteiger partial charge in [-0.05, 0) is 44.0 Å². The summed E-state index contributed by atoms with van der Waals surface area (Å²) in [6.07, 6.45) is 4.36. The van der Waals surface area contributed by atoms with Gasteiger partial charge in [0, 0.05) is 32.0 Å². The highest BCUT2D eigenvalue weighted by Crippen LogP contribution is 2.28. The molecule has 1 saturated heterocycles. The number of carbonyl (C=O) groups is 1. The van der Waals surface area contributed by atoms with E-state index < -0.39 is 10.0 Å². The number of nitrogens with zero attached hydrogens (tertiary/aromatic N) is 4. The smallest absolute Gasteiger partial charge is 0.240 e. The molecule has 1 atom stereocenters. The summed E-state index contributed by atoms with van der Waals surface area (Å²) < 4.78 is 28.1. The monoisotopic (exact) mass is 403 g/mol. The quantitative estimate of drug-likeness (QED) is 0.806. The Bertz CT molecular complexity index is 968. The average molecular weight is 404 g/mol. The molecule has 2 aliphatic heterocycles. The van der Waals surface area contributed by atoms with Crippen LogP contribution in [0.1, 0.15) is 42.4 Å². The van der Waals surface area contributed by atoms with Gasteiger partial charge in [0.25, 0.3) is 0 Å². The molecule has 0 radical (unpaired) electrons. The van der Waals surface area contributed by atoms with Gasteiger partial charge in [-0.25, -0.2) is 13.1 Å². The van der Waals surface area contributed by atoms with Crippen molar-refractivity contribution in [2.45, 2.75) is 49.5 Å². The minimum Gasteiger partial charge on any atom is -0.342 e. The van der Waals surface area contributed by atoms with Gasteiger partial charge in [-0.1, -0.05) is 12.1 Å². The van der Waals surface area contributed by atoms with Crippen LogP contribution in [0.5, 0.6) is 0 Å². The first-order valence-corrected chi connectivity index (χ1v) is 11.2. The molecular formula is C19H25N5O3S. The fourth-order valence-electron chi connectivity index (χ4n) is 4.08. The Hall–Kier alpha value is -2.26. The van der Waals surface area contributed by atoms with Gasteiger partial charge >= 0.3 is 0 Å². The summed E-state index contributed by atoms with van der Waals surface area (Å²) in [4.78, 5) is 14.9. The molecule has 150 valence electrons. The van der Waals surface area contributed by atoms with Crippen molar-refractivity contribution in [1.82, 2.24) is 24.4 Å². The van der Waals surface area contributed by atoms with Crippen LogP contribution in [0.15, 0.2) is 29.2 Å². The molecule has 4 rings (SSSR count). The maximum atomic E-state index is 12.8. The van der Waals surface area contributed by atoms with Crippen LogP contribution in [-0.4, -0.2) is 54.1 Å². The van der Waals surface area contributed by atoms with Crippen molar-refractivity contribution >= 4 is 15.9 Å². The van der Waals surface area contributed by atoms with Crippen LogP contribution in [0.3, 0.4) is 0 Å². The molecule has 1 N–H and O–H groups in total. The number of aryl methyl sites for hydroxylation is 1. The van der Waals surface area contributed by atoms with Gasteiger partial charge in [-0.15, -0.1) is 10.2 Å². The number of amides is 1. The fourth-order valence-corrected chi connectivity index (χ4v) is 4.81. The molecule has 0 bridgehead atoms. The van der Waals surface area contributed by atoms with E-state index in [1.807, 2.05) is 4.90 Å². The molecular weight excluding hydrogens is 378 g/mol. The van der Waals surface area contributed by atoms with E-state index in [1.165, 1.54) is 19.2 Å². The zero-order chi connectivity index (χ0) is 19.7. The molecule has 0 spiro atoms. The maximum Gasteiger partial charge on any atom is 0.240 e. The predicted molar refractivity (Wildman–Crippen MR) is 103 cm³/mol. The lowest BCUT2D eigenvalue weighted by Crippen LogP contribution is -2.40. The highest BCUT2D eigenvalue weighted by molar-refractivity contribution is 7.89. The first-order valence-electron chi connectivity index (χ1n) is 9.70. The molecule has 9 heteroatoms. The largest absolute Gasteiger partial charge is 0.342 e. The Labute approximate surface area is 165 Å². The maximum absolute atomic E-state index is 12.8. The summed E-state index contributed by atoms with van der Waals surface area (Å²) in [5.41, 5.74) is 0.811. The number of likely N-dealkylation sites (tertiary alicyclic amines) is 1. The summed E-state index contributed by atoms with van der Waals surface area (Å²) in [5, 5.41) is 8.69. The van der Waals surface area contributed by atoms with Gasteiger partial charge in [0.2, 0.25) is 15.9 Å². The van der Waals surface area contributed by atoms with Gasteiger partial charge in [-0.3, -0.25) is 4.79 Å². The zero-order valence-electron chi connectivity index (χ0n) is 16.0. The molecule has 1 unspecified atom stereocenters. The first-order chi connectivity index (χ1) is 13.5. The highest BCUT2D eigenvalue weighted by atomic mass is 32.2. The second kappa shape index (κ2) is 7.63. The number of benzene rings is 1. The van der Waals surface area contributed by atoms with Crippen molar-refractivity contribution in [2.75, 3.05) is 20.1 Å². The summed E-state index contributed by atoms with van der Waals surface area (Å²) in [6.45, 7) is 2.40. The second-order valence-electron chi connectivity index (χ2n) is 7.44. The van der Waals surface area contributed by atoms with E-state index in [9.17, 15) is 13.2 Å². The number of hydrogen-bond donors (Lipinski definition) is 1. The third-order valence-electron chi connectivity index (χ3n) is 5.64. The van der Waals surface area contributed by atoms with E-state index in [-0.39, 0.29) is 23.1 Å². The molecule has 1 amide bonds. The number of aromatic nitrogens is 3. The van der Waals surface area contributed by atoms with E-state index in [0.717, 1.165) is 56.0 Å². The van der Waals surface area contributed by atoms with Crippen LogP contribution in [0.4, 0.5) is 0 Å². The van der Waals surface area contributed by atoms with Crippen LogP contribution in [0.25, 0.3) is 0 Å². The molecule has 0 aliphatic carbocycles. The summed E-state index contributed by atoms with van der Waals surface area (Å²) >= 11 is 0. The third-order valence-corrected chi connectivity index (χ3v) is 7.07. The lowest BCUT2D eigenvalue weighted by atomic mass is 9.96. The number of rotatable bonds is 5. The Morgan fingerprint density at radius 3 is 2.71 bits per heavy atom. The van der Waals surface area contributed by atoms with E-state index in [0.29, 0.717) is 6.54 Å². The van der Waals surface area contributed by atoms with Crippen LogP contribution in [0, 0.1) is 0 Å². The lowest BCUT2D eigenvalue weighted by Gasteiger charge is -2.32. The highest BCUT2D eigenvalue weighted by Gasteiger charge is 2.30. The van der Waals surface area contributed by atoms with Crippen molar-refractivity contribution in [3.05, 3.63) is 41.5 Å². The molecule has 3 heterocycles. The number of carbonyl (C=O) groups excluding carboxylic acids is 1. The Balaban J connectivity index is 1.42. The molecule has 2 aromatic rings. The van der Waals surface area contributed by atoms with Gasteiger partial charge in [0.15, 0.2) is 0 Å². The molecule has 2 aliphatic rings. The third kappa shape index (κ3) is 3.68. The van der Waals surface area contributed by atoms with E-state index in [4.69, 9.17) is 0 Å². The number of sulfonamides is 1.